The van der Waals surface area contributed by atoms with Crippen LogP contribution in [0.4, 0.5) is 0 Å². The van der Waals surface area contributed by atoms with Crippen molar-refractivity contribution in [2.45, 2.75) is 6.92 Å². The Morgan fingerprint density at radius 2 is 2.50 bits per heavy atom. The van der Waals surface area contributed by atoms with Crippen molar-refractivity contribution >= 4 is 6.08 Å². The molecule has 0 aromatic rings. The molecule has 0 aromatic heterocycles. The molecule has 0 bridgehead atoms. The Morgan fingerprint density at radius 3 is 2.50 bits per heavy atom. The molecule has 0 aliphatic carbocycles. The molecule has 0 radical (unpaired) electrons. The molecule has 2 heteroatoms. The maximum Gasteiger partial charge on any atom is 0.240 e. The summed E-state index contributed by atoms with van der Waals surface area (Å²) in [4.78, 5) is 12.4. The zero-order chi connectivity index (χ0) is 4.99. The van der Waals surface area contributed by atoms with E-state index >= 15 is 0 Å². The maximum atomic E-state index is 9.26. The molecular weight excluding hydrogens is 78.0 g/mol. The van der Waals surface area contributed by atoms with Crippen LogP contribution in [-0.2, 0) is 4.79 Å². The van der Waals surface area contributed by atoms with Crippen LogP contribution in [0, 0.1) is 0 Å². The van der Waals surface area contributed by atoms with Gasteiger partial charge in [0.2, 0.25) is 6.08 Å². The largest absolute Gasteiger partial charge is 0.240 e. The molecule has 32 valence electrons. The first-order chi connectivity index (χ1) is 2.77. The minimum atomic E-state index is 0.491. The van der Waals surface area contributed by atoms with Gasteiger partial charge in [-0.3, -0.25) is 0 Å². The fraction of sp³-hybridized carbons (Fsp3) is 0.250. The molecule has 0 aliphatic heterocycles. The molecule has 2 nitrogen and oxygen atoms in total. The van der Waals surface area contributed by atoms with Crippen LogP contribution < -0.4 is 0 Å². The number of hydrogen-bond donors (Lipinski definition) is 0. The summed E-state index contributed by atoms with van der Waals surface area (Å²) in [5.74, 6) is 0. The van der Waals surface area contributed by atoms with E-state index in [0.29, 0.717) is 5.70 Å². The van der Waals surface area contributed by atoms with Gasteiger partial charge in [-0.25, -0.2) is 4.79 Å². The number of hydrogen-bond acceptors (Lipinski definition) is 2. The highest BCUT2D eigenvalue weighted by atomic mass is 16.1. The highest BCUT2D eigenvalue weighted by Gasteiger charge is 1.65. The summed E-state index contributed by atoms with van der Waals surface area (Å²) >= 11 is 0. The van der Waals surface area contributed by atoms with Gasteiger partial charge in [-0.15, -0.1) is 0 Å². The quantitative estimate of drug-likeness (QED) is 0.341. The van der Waals surface area contributed by atoms with Crippen LogP contribution in [0.15, 0.2) is 17.3 Å². The van der Waals surface area contributed by atoms with Crippen molar-refractivity contribution in [2.75, 3.05) is 0 Å². The van der Waals surface area contributed by atoms with Crippen LogP contribution in [-0.4, -0.2) is 6.08 Å². The van der Waals surface area contributed by atoms with Crippen molar-refractivity contribution < 1.29 is 4.79 Å². The van der Waals surface area contributed by atoms with Crippen LogP contribution >= 0.6 is 0 Å². The average molecular weight is 83.1 g/mol. The van der Waals surface area contributed by atoms with Gasteiger partial charge in [-0.1, -0.05) is 6.58 Å². The number of aliphatic imine (C=N–C) groups is 1. The fourth-order valence-electron chi connectivity index (χ4n) is 0.0779. The summed E-state index contributed by atoms with van der Waals surface area (Å²) in [5.41, 5.74) is 0.491. The van der Waals surface area contributed by atoms with E-state index in [1.165, 1.54) is 6.08 Å². The minimum absolute atomic E-state index is 0.491. The first-order valence-electron chi connectivity index (χ1n) is 1.50. The lowest BCUT2D eigenvalue weighted by Gasteiger charge is -1.69. The average Bonchev–Trinajstić information content (AvgIpc) is 1.35. The molecule has 0 saturated carbocycles. The van der Waals surface area contributed by atoms with Gasteiger partial charge in [-0.05, 0) is 6.92 Å². The third-order valence-electron chi connectivity index (χ3n) is 0.237. The predicted octanol–water partition coefficient (Wildman–Crippen LogP) is 0.856. The van der Waals surface area contributed by atoms with Crippen molar-refractivity contribution in [2.24, 2.45) is 4.99 Å². The molecule has 0 heterocycles. The SMILES string of the molecule is C=C(C)N=C=O. The first kappa shape index (κ1) is 5.12. The Kier molecular flexibility index (Phi) is 2.02. The van der Waals surface area contributed by atoms with Crippen LogP contribution in [0.3, 0.4) is 0 Å². The number of nitrogens with zero attached hydrogens (tertiary/aromatic N) is 1. The summed E-state index contributed by atoms with van der Waals surface area (Å²) < 4.78 is 0. The Hall–Kier alpha value is -0.880. The molecule has 0 aliphatic rings. The first-order valence-corrected chi connectivity index (χ1v) is 1.50. The van der Waals surface area contributed by atoms with Crippen molar-refractivity contribution in [3.05, 3.63) is 12.3 Å². The van der Waals surface area contributed by atoms with Gasteiger partial charge >= 0.3 is 0 Å². The molecule has 0 unspecified atom stereocenters. The van der Waals surface area contributed by atoms with Crippen molar-refractivity contribution in [3.63, 3.8) is 0 Å². The van der Waals surface area contributed by atoms with E-state index in [0.717, 1.165) is 0 Å². The second kappa shape index (κ2) is 2.36. The Morgan fingerprint density at radius 1 is 2.00 bits per heavy atom. The van der Waals surface area contributed by atoms with Gasteiger partial charge in [0, 0.05) is 5.70 Å². The molecule has 0 N–H and O–H groups in total. The number of allylic oxidation sites excluding steroid dienone is 1. The summed E-state index contributed by atoms with van der Waals surface area (Å²) in [5, 5.41) is 0. The Bertz CT molecular complexity index is 100. The van der Waals surface area contributed by atoms with E-state index < -0.39 is 0 Å². The molecule has 0 aromatic carbocycles. The van der Waals surface area contributed by atoms with Gasteiger partial charge in [0.1, 0.15) is 0 Å². The summed E-state index contributed by atoms with van der Waals surface area (Å²) in [6.45, 7) is 4.95. The van der Waals surface area contributed by atoms with Gasteiger partial charge in [0.05, 0.1) is 0 Å². The Labute approximate surface area is 36.2 Å². The molecule has 0 rings (SSSR count). The zero-order valence-corrected chi connectivity index (χ0v) is 3.56. The monoisotopic (exact) mass is 83.0 g/mol. The number of carbonyl (C=O) groups excluding carboxylic acids is 1. The normalized spacial score (nSPS) is 6.17. The van der Waals surface area contributed by atoms with Gasteiger partial charge in [0.25, 0.3) is 0 Å². The third-order valence-corrected chi connectivity index (χ3v) is 0.237. The maximum absolute atomic E-state index is 9.26. The lowest BCUT2D eigenvalue weighted by molar-refractivity contribution is 0.564. The molecule has 6 heavy (non-hydrogen) atoms. The van der Waals surface area contributed by atoms with Gasteiger partial charge in [0.15, 0.2) is 0 Å². The summed E-state index contributed by atoms with van der Waals surface area (Å²) in [6.07, 6.45) is 1.34. The van der Waals surface area contributed by atoms with Crippen LogP contribution in [0.5, 0.6) is 0 Å². The molecule has 0 saturated heterocycles. The molecule has 0 spiro atoms. The van der Waals surface area contributed by atoms with Crippen LogP contribution in [0.2, 0.25) is 0 Å². The second-order valence-corrected chi connectivity index (χ2v) is 0.938. The van der Waals surface area contributed by atoms with E-state index in [9.17, 15) is 4.79 Å². The summed E-state index contributed by atoms with van der Waals surface area (Å²) in [6, 6.07) is 0. The van der Waals surface area contributed by atoms with E-state index in [1.54, 1.807) is 6.92 Å². The van der Waals surface area contributed by atoms with Gasteiger partial charge < -0.3 is 0 Å². The Balaban J connectivity index is 3.60. The lowest BCUT2D eigenvalue weighted by atomic mass is 10.6. The highest BCUT2D eigenvalue weighted by molar-refractivity contribution is 5.35. The smallest absolute Gasteiger partial charge is 0.211 e. The lowest BCUT2D eigenvalue weighted by Crippen LogP contribution is -1.56. The molecular formula is C4H5NO. The predicted molar refractivity (Wildman–Crippen MR) is 22.9 cm³/mol. The fourth-order valence-corrected chi connectivity index (χ4v) is 0.0779. The molecule has 0 amide bonds. The van der Waals surface area contributed by atoms with Crippen molar-refractivity contribution in [1.82, 2.24) is 0 Å². The zero-order valence-electron chi connectivity index (χ0n) is 3.56. The molecule has 0 atom stereocenters. The topological polar surface area (TPSA) is 29.4 Å². The van der Waals surface area contributed by atoms with Gasteiger partial charge in [-0.2, -0.15) is 4.99 Å². The van der Waals surface area contributed by atoms with Crippen molar-refractivity contribution in [3.8, 4) is 0 Å². The molecule has 0 fully saturated rings. The summed E-state index contributed by atoms with van der Waals surface area (Å²) in [7, 11) is 0. The van der Waals surface area contributed by atoms with E-state index in [2.05, 4.69) is 11.6 Å². The number of rotatable bonds is 1. The minimum Gasteiger partial charge on any atom is -0.211 e. The van der Waals surface area contributed by atoms with Crippen molar-refractivity contribution in [1.29, 1.82) is 0 Å². The number of isocyanates is 1. The van der Waals surface area contributed by atoms with Crippen LogP contribution in [0.1, 0.15) is 6.92 Å². The van der Waals surface area contributed by atoms with E-state index in [-0.39, 0.29) is 0 Å². The second-order valence-electron chi connectivity index (χ2n) is 0.938. The highest BCUT2D eigenvalue weighted by Crippen LogP contribution is 1.81. The van der Waals surface area contributed by atoms with Crippen LogP contribution in [0.25, 0.3) is 0 Å². The van der Waals surface area contributed by atoms with E-state index in [1.807, 2.05) is 0 Å². The third kappa shape index (κ3) is 3.12. The standard InChI is InChI=1S/C4H5NO/c1-4(2)5-3-6/h1H2,2H3. The van der Waals surface area contributed by atoms with E-state index in [4.69, 9.17) is 0 Å².